The maximum atomic E-state index is 13.9. The number of ether oxygens (including phenoxy) is 1. The number of anilines is 1. The zero-order chi connectivity index (χ0) is 22.2. The van der Waals surface area contributed by atoms with Crippen molar-refractivity contribution in [2.45, 2.75) is 11.6 Å². The van der Waals surface area contributed by atoms with E-state index in [4.69, 9.17) is 16.3 Å². The number of amides is 1. The first kappa shape index (κ1) is 21.5. The molecule has 0 bridgehead atoms. The Kier molecular flexibility index (Phi) is 5.85. The van der Waals surface area contributed by atoms with Crippen molar-refractivity contribution >= 4 is 35.0 Å². The second kappa shape index (κ2) is 8.43. The normalized spacial score (nSPS) is 16.6. The molecule has 160 valence electrons. The maximum absolute atomic E-state index is 13.9. The van der Waals surface area contributed by atoms with Gasteiger partial charge in [-0.25, -0.2) is 4.39 Å². The first-order valence-electron chi connectivity index (χ1n) is 9.05. The van der Waals surface area contributed by atoms with Crippen LogP contribution in [0.25, 0.3) is 0 Å². The van der Waals surface area contributed by atoms with Gasteiger partial charge in [-0.1, -0.05) is 11.6 Å². The number of benzene rings is 3. The van der Waals surface area contributed by atoms with E-state index >= 15 is 0 Å². The van der Waals surface area contributed by atoms with Crippen LogP contribution in [-0.4, -0.2) is 11.7 Å². The lowest BCUT2D eigenvalue weighted by atomic mass is 10.1. The van der Waals surface area contributed by atoms with E-state index in [0.29, 0.717) is 28.3 Å². The summed E-state index contributed by atoms with van der Waals surface area (Å²) in [6, 6.07) is 15.7. The average molecular weight is 468 g/mol. The van der Waals surface area contributed by atoms with Crippen molar-refractivity contribution in [3.05, 3.63) is 88.7 Å². The summed E-state index contributed by atoms with van der Waals surface area (Å²) in [6.45, 7) is 0. The number of hydrogen-bond acceptors (Lipinski definition) is 3. The van der Waals surface area contributed by atoms with Gasteiger partial charge in [-0.3, -0.25) is 9.69 Å². The molecule has 3 aromatic carbocycles. The molecule has 1 aliphatic rings. The molecule has 0 N–H and O–H groups in total. The second-order valence-electron chi connectivity index (χ2n) is 6.75. The zero-order valence-corrected chi connectivity index (χ0v) is 17.3. The minimum absolute atomic E-state index is 0.0738. The molecule has 9 heteroatoms. The molecule has 1 saturated heterocycles. The minimum atomic E-state index is -4.68. The topological polar surface area (TPSA) is 29.5 Å². The molecule has 1 atom stereocenters. The minimum Gasteiger partial charge on any atom is -0.457 e. The van der Waals surface area contributed by atoms with Crippen LogP contribution in [0, 0.1) is 5.82 Å². The molecule has 0 aliphatic carbocycles. The Hall–Kier alpha value is -2.71. The molecule has 4 rings (SSSR count). The summed E-state index contributed by atoms with van der Waals surface area (Å²) < 4.78 is 58.9. The van der Waals surface area contributed by atoms with Gasteiger partial charge in [-0.05, 0) is 72.3 Å². The number of carbonyl (C=O) groups is 1. The lowest BCUT2D eigenvalue weighted by Gasteiger charge is -2.25. The molecular formula is C22H14ClF4NO2S. The van der Waals surface area contributed by atoms with Crippen LogP contribution in [-0.2, 0) is 11.0 Å². The van der Waals surface area contributed by atoms with Crippen LogP contribution < -0.4 is 9.64 Å². The summed E-state index contributed by atoms with van der Waals surface area (Å²) >= 11 is 6.99. The van der Waals surface area contributed by atoms with Crippen LogP contribution >= 0.6 is 23.4 Å². The Bertz CT molecular complexity index is 1100. The third-order valence-corrected chi connectivity index (χ3v) is 6.03. The number of rotatable bonds is 4. The van der Waals surface area contributed by atoms with Crippen LogP contribution in [0.1, 0.15) is 16.5 Å². The molecular weight excluding hydrogens is 454 g/mol. The van der Waals surface area contributed by atoms with Gasteiger partial charge in [0.05, 0.1) is 11.3 Å². The van der Waals surface area contributed by atoms with E-state index in [1.165, 1.54) is 4.90 Å². The molecule has 3 nitrogen and oxygen atoms in total. The van der Waals surface area contributed by atoms with Crippen LogP contribution in [0.5, 0.6) is 11.5 Å². The SMILES string of the molecule is O=C1CSC(c2cc(F)cc(C(F)(F)F)c2)N1c1ccc(Oc2ccc(Cl)cc2)cc1. The van der Waals surface area contributed by atoms with Crippen molar-refractivity contribution < 1.29 is 27.1 Å². The quantitative estimate of drug-likeness (QED) is 0.384. The van der Waals surface area contributed by atoms with Gasteiger partial charge in [0.15, 0.2) is 0 Å². The van der Waals surface area contributed by atoms with E-state index in [1.54, 1.807) is 48.5 Å². The molecule has 31 heavy (non-hydrogen) atoms. The van der Waals surface area contributed by atoms with Gasteiger partial charge in [0.1, 0.15) is 22.7 Å². The zero-order valence-electron chi connectivity index (χ0n) is 15.7. The fourth-order valence-corrected chi connectivity index (χ4v) is 4.46. The lowest BCUT2D eigenvalue weighted by molar-refractivity contribution is -0.137. The Morgan fingerprint density at radius 2 is 1.58 bits per heavy atom. The maximum Gasteiger partial charge on any atom is 0.416 e. The van der Waals surface area contributed by atoms with Crippen molar-refractivity contribution in [3.8, 4) is 11.5 Å². The third-order valence-electron chi connectivity index (χ3n) is 4.56. The molecule has 0 spiro atoms. The van der Waals surface area contributed by atoms with Crippen molar-refractivity contribution in [1.29, 1.82) is 0 Å². The van der Waals surface area contributed by atoms with Gasteiger partial charge in [-0.2, -0.15) is 13.2 Å². The smallest absolute Gasteiger partial charge is 0.416 e. The highest BCUT2D eigenvalue weighted by Gasteiger charge is 2.37. The molecule has 1 unspecified atom stereocenters. The monoisotopic (exact) mass is 467 g/mol. The predicted molar refractivity (Wildman–Crippen MR) is 112 cm³/mol. The Morgan fingerprint density at radius 3 is 2.19 bits per heavy atom. The van der Waals surface area contributed by atoms with E-state index in [2.05, 4.69) is 0 Å². The summed E-state index contributed by atoms with van der Waals surface area (Å²) in [7, 11) is 0. The van der Waals surface area contributed by atoms with Gasteiger partial charge in [0, 0.05) is 10.7 Å². The largest absolute Gasteiger partial charge is 0.457 e. The number of thioether (sulfide) groups is 1. The second-order valence-corrected chi connectivity index (χ2v) is 8.25. The van der Waals surface area contributed by atoms with E-state index in [0.717, 1.165) is 23.9 Å². The molecule has 0 aromatic heterocycles. The van der Waals surface area contributed by atoms with Crippen LogP contribution in [0.4, 0.5) is 23.2 Å². The van der Waals surface area contributed by atoms with Crippen LogP contribution in [0.2, 0.25) is 5.02 Å². The van der Waals surface area contributed by atoms with Crippen molar-refractivity contribution in [2.75, 3.05) is 10.7 Å². The molecule has 0 saturated carbocycles. The van der Waals surface area contributed by atoms with E-state index in [1.807, 2.05) is 0 Å². The Morgan fingerprint density at radius 1 is 0.968 bits per heavy atom. The molecule has 3 aromatic rings. The standard InChI is InChI=1S/C22H14ClF4NO2S/c23-15-1-5-18(6-2-15)30-19-7-3-17(4-8-19)28-20(29)12-31-21(28)13-9-14(22(25,26)27)11-16(24)10-13/h1-11,21H,12H2. The summed E-state index contributed by atoms with van der Waals surface area (Å²) in [6.07, 6.45) is -4.68. The summed E-state index contributed by atoms with van der Waals surface area (Å²) in [5, 5.41) is -0.197. The molecule has 1 fully saturated rings. The number of alkyl halides is 3. The van der Waals surface area contributed by atoms with Gasteiger partial charge in [0.2, 0.25) is 5.91 Å². The number of carbonyl (C=O) groups excluding carboxylic acids is 1. The van der Waals surface area contributed by atoms with Crippen molar-refractivity contribution in [1.82, 2.24) is 0 Å². The van der Waals surface area contributed by atoms with Gasteiger partial charge < -0.3 is 4.74 Å². The Labute approximate surface area is 184 Å². The summed E-state index contributed by atoms with van der Waals surface area (Å²) in [5.74, 6) is -0.129. The number of hydrogen-bond donors (Lipinski definition) is 0. The summed E-state index contributed by atoms with van der Waals surface area (Å²) in [4.78, 5) is 13.8. The fourth-order valence-electron chi connectivity index (χ4n) is 3.18. The predicted octanol–water partition coefficient (Wildman–Crippen LogP) is 7.07. The fraction of sp³-hybridized carbons (Fsp3) is 0.136. The van der Waals surface area contributed by atoms with Crippen molar-refractivity contribution in [3.63, 3.8) is 0 Å². The highest BCUT2D eigenvalue weighted by atomic mass is 35.5. The highest BCUT2D eigenvalue weighted by Crippen LogP contribution is 2.43. The van der Waals surface area contributed by atoms with E-state index in [-0.39, 0.29) is 17.2 Å². The number of nitrogens with zero attached hydrogens (tertiary/aromatic N) is 1. The van der Waals surface area contributed by atoms with Gasteiger partial charge in [0.25, 0.3) is 0 Å². The van der Waals surface area contributed by atoms with Crippen LogP contribution in [0.15, 0.2) is 66.7 Å². The van der Waals surface area contributed by atoms with Gasteiger partial charge >= 0.3 is 6.18 Å². The third kappa shape index (κ3) is 4.80. The van der Waals surface area contributed by atoms with Crippen molar-refractivity contribution in [2.24, 2.45) is 0 Å². The highest BCUT2D eigenvalue weighted by molar-refractivity contribution is 8.00. The van der Waals surface area contributed by atoms with E-state index < -0.39 is 22.9 Å². The average Bonchev–Trinajstić information content (AvgIpc) is 3.11. The van der Waals surface area contributed by atoms with E-state index in [9.17, 15) is 22.4 Å². The number of halogens is 5. The van der Waals surface area contributed by atoms with Crippen LogP contribution in [0.3, 0.4) is 0 Å². The van der Waals surface area contributed by atoms with Gasteiger partial charge in [-0.15, -0.1) is 11.8 Å². The first-order valence-corrected chi connectivity index (χ1v) is 10.5. The Balaban J connectivity index is 1.60. The lowest BCUT2D eigenvalue weighted by Crippen LogP contribution is -2.28. The molecule has 1 aliphatic heterocycles. The summed E-state index contributed by atoms with van der Waals surface area (Å²) in [5.41, 5.74) is -0.542. The molecule has 1 heterocycles. The first-order chi connectivity index (χ1) is 14.7. The molecule has 0 radical (unpaired) electrons. The molecule has 1 amide bonds.